The van der Waals surface area contributed by atoms with Gasteiger partial charge in [0.15, 0.2) is 0 Å². The summed E-state index contributed by atoms with van der Waals surface area (Å²) in [6, 6.07) is 9.98. The maximum absolute atomic E-state index is 13.4. The highest BCUT2D eigenvalue weighted by Crippen LogP contribution is 2.39. The number of pyridine rings is 1. The Labute approximate surface area is 187 Å². The first-order valence-corrected chi connectivity index (χ1v) is 10.2. The van der Waals surface area contributed by atoms with Gasteiger partial charge in [0.1, 0.15) is 11.6 Å². The molecule has 4 rings (SSSR count). The molecule has 2 N–H and O–H groups in total. The maximum Gasteiger partial charge on any atom is 0.416 e. The molecule has 0 fully saturated rings. The van der Waals surface area contributed by atoms with Gasteiger partial charge in [-0.1, -0.05) is 0 Å². The van der Waals surface area contributed by atoms with Crippen LogP contribution in [0.15, 0.2) is 53.5 Å². The van der Waals surface area contributed by atoms with Crippen molar-refractivity contribution >= 4 is 16.6 Å². The van der Waals surface area contributed by atoms with E-state index in [2.05, 4.69) is 9.97 Å². The molecule has 0 spiro atoms. The van der Waals surface area contributed by atoms with Crippen molar-refractivity contribution in [2.45, 2.75) is 26.6 Å². The minimum Gasteiger partial charge on any atom is -0.496 e. The molecular weight excluding hydrogens is 433 g/mol. The van der Waals surface area contributed by atoms with Crippen LogP contribution in [0.3, 0.4) is 0 Å². The zero-order valence-corrected chi connectivity index (χ0v) is 18.2. The summed E-state index contributed by atoms with van der Waals surface area (Å²) in [5.41, 5.74) is 7.21. The Morgan fingerprint density at radius 3 is 2.48 bits per heavy atom. The second-order valence-corrected chi connectivity index (χ2v) is 7.57. The van der Waals surface area contributed by atoms with Gasteiger partial charge >= 0.3 is 6.18 Å². The monoisotopic (exact) mass is 454 g/mol. The van der Waals surface area contributed by atoms with E-state index in [1.165, 1.54) is 19.2 Å². The van der Waals surface area contributed by atoms with E-state index in [4.69, 9.17) is 10.5 Å². The van der Waals surface area contributed by atoms with Gasteiger partial charge in [0.05, 0.1) is 23.9 Å². The van der Waals surface area contributed by atoms with Crippen molar-refractivity contribution < 1.29 is 17.9 Å². The molecule has 2 heterocycles. The van der Waals surface area contributed by atoms with Gasteiger partial charge in [0, 0.05) is 52.6 Å². The van der Waals surface area contributed by atoms with Gasteiger partial charge in [0.25, 0.3) is 5.56 Å². The Kier molecular flexibility index (Phi) is 5.57. The van der Waals surface area contributed by atoms with Crippen molar-refractivity contribution in [3.8, 4) is 28.1 Å². The summed E-state index contributed by atoms with van der Waals surface area (Å²) >= 11 is 0. The normalized spacial score (nSPS) is 11.7. The van der Waals surface area contributed by atoms with Crippen LogP contribution in [0.5, 0.6) is 5.75 Å². The molecule has 0 aliphatic rings. The van der Waals surface area contributed by atoms with Crippen LogP contribution in [0.1, 0.15) is 18.3 Å². The lowest BCUT2D eigenvalue weighted by atomic mass is 9.98. The number of alkyl halides is 3. The van der Waals surface area contributed by atoms with Crippen LogP contribution in [-0.4, -0.2) is 21.6 Å². The minimum atomic E-state index is -4.55. The number of hydrogen-bond donors (Lipinski definition) is 1. The Balaban J connectivity index is 2.03. The second kappa shape index (κ2) is 8.23. The van der Waals surface area contributed by atoms with Gasteiger partial charge < -0.3 is 15.0 Å². The number of benzene rings is 2. The maximum atomic E-state index is 13.4. The number of aromatic nitrogens is 3. The summed E-state index contributed by atoms with van der Waals surface area (Å²) in [4.78, 5) is 20.9. The van der Waals surface area contributed by atoms with Crippen molar-refractivity contribution in [2.24, 2.45) is 0 Å². The summed E-state index contributed by atoms with van der Waals surface area (Å²) in [5, 5.41) is 0.532. The third-order valence-electron chi connectivity index (χ3n) is 5.32. The van der Waals surface area contributed by atoms with Crippen LogP contribution in [-0.2, 0) is 12.7 Å². The van der Waals surface area contributed by atoms with Gasteiger partial charge in [-0.2, -0.15) is 13.2 Å². The van der Waals surface area contributed by atoms with E-state index >= 15 is 0 Å². The topological polar surface area (TPSA) is 83.0 Å². The molecular formula is C24H21F3N4O2. The fourth-order valence-electron chi connectivity index (χ4n) is 3.78. The van der Waals surface area contributed by atoms with Gasteiger partial charge in [-0.3, -0.25) is 4.79 Å². The Morgan fingerprint density at radius 2 is 1.82 bits per heavy atom. The number of nitrogens with two attached hydrogens (primary N) is 1. The minimum absolute atomic E-state index is 0.0204. The molecule has 0 radical (unpaired) electrons. The molecule has 0 unspecified atom stereocenters. The lowest BCUT2D eigenvalue weighted by Crippen LogP contribution is -2.17. The first kappa shape index (κ1) is 22.3. The zero-order valence-electron chi connectivity index (χ0n) is 18.2. The summed E-state index contributed by atoms with van der Waals surface area (Å²) in [6.45, 7) is 4.01. The van der Waals surface area contributed by atoms with Gasteiger partial charge in [-0.05, 0) is 44.2 Å². The summed E-state index contributed by atoms with van der Waals surface area (Å²) in [7, 11) is 1.52. The zero-order chi connectivity index (χ0) is 23.9. The lowest BCUT2D eigenvalue weighted by Gasteiger charge is -2.15. The molecule has 0 bridgehead atoms. The van der Waals surface area contributed by atoms with E-state index in [9.17, 15) is 18.0 Å². The number of halogens is 3. The fourth-order valence-corrected chi connectivity index (χ4v) is 3.78. The Hall–Kier alpha value is -3.88. The van der Waals surface area contributed by atoms with E-state index in [0.717, 1.165) is 12.1 Å². The number of fused-ring (bicyclic) bond motifs is 1. The number of ether oxygens (including phenoxy) is 1. The number of rotatable bonds is 4. The molecule has 0 aliphatic carbocycles. The van der Waals surface area contributed by atoms with E-state index < -0.39 is 11.7 Å². The van der Waals surface area contributed by atoms with Crippen LogP contribution >= 0.6 is 0 Å². The largest absolute Gasteiger partial charge is 0.496 e. The quantitative estimate of drug-likeness (QED) is 0.436. The first-order valence-electron chi connectivity index (χ1n) is 10.2. The van der Waals surface area contributed by atoms with E-state index in [0.29, 0.717) is 45.8 Å². The third kappa shape index (κ3) is 4.26. The predicted octanol–water partition coefficient (Wildman–Crippen LogP) is 5.06. The lowest BCUT2D eigenvalue weighted by molar-refractivity contribution is -0.137. The van der Waals surface area contributed by atoms with Gasteiger partial charge in [-0.25, -0.2) is 9.97 Å². The third-order valence-corrected chi connectivity index (χ3v) is 5.32. The molecule has 2 aromatic heterocycles. The molecule has 170 valence electrons. The highest BCUT2D eigenvalue weighted by Gasteiger charge is 2.31. The standard InChI is InChI=1S/C24H21F3N4O2/c1-4-31-12-14(5-6-22(31)32)18-10-19-20(11-21(18)33-3)29-13(2)30-23(19)15-7-16(24(25,26)27)9-17(28)8-15/h5-12H,4,28H2,1-3H3. The van der Waals surface area contributed by atoms with Crippen molar-refractivity contribution in [1.29, 1.82) is 0 Å². The van der Waals surface area contributed by atoms with E-state index in [1.807, 2.05) is 6.92 Å². The highest BCUT2D eigenvalue weighted by molar-refractivity contribution is 5.97. The molecule has 9 heteroatoms. The molecule has 0 aliphatic heterocycles. The van der Waals surface area contributed by atoms with Crippen molar-refractivity contribution in [3.63, 3.8) is 0 Å². The number of hydrogen-bond acceptors (Lipinski definition) is 5. The highest BCUT2D eigenvalue weighted by atomic mass is 19.4. The second-order valence-electron chi connectivity index (χ2n) is 7.57. The molecule has 0 saturated carbocycles. The van der Waals surface area contributed by atoms with E-state index in [1.54, 1.807) is 35.9 Å². The number of anilines is 1. The van der Waals surface area contributed by atoms with Crippen LogP contribution in [0.4, 0.5) is 18.9 Å². The first-order chi connectivity index (χ1) is 15.6. The molecule has 0 amide bonds. The summed E-state index contributed by atoms with van der Waals surface area (Å²) in [6.07, 6.45) is -2.84. The molecule has 2 aromatic carbocycles. The Morgan fingerprint density at radius 1 is 1.06 bits per heavy atom. The van der Waals surface area contributed by atoms with E-state index in [-0.39, 0.29) is 16.8 Å². The van der Waals surface area contributed by atoms with Crippen LogP contribution in [0.25, 0.3) is 33.3 Å². The predicted molar refractivity (Wildman–Crippen MR) is 121 cm³/mol. The average molecular weight is 454 g/mol. The molecule has 0 saturated heterocycles. The van der Waals surface area contributed by atoms with Gasteiger partial charge in [-0.15, -0.1) is 0 Å². The smallest absolute Gasteiger partial charge is 0.416 e. The molecule has 0 atom stereocenters. The van der Waals surface area contributed by atoms with Crippen molar-refractivity contribution in [1.82, 2.24) is 14.5 Å². The SMILES string of the molecule is CCn1cc(-c2cc3c(-c4cc(N)cc(C(F)(F)F)c4)nc(C)nc3cc2OC)ccc1=O. The van der Waals surface area contributed by atoms with Crippen molar-refractivity contribution in [3.05, 3.63) is 70.4 Å². The molecule has 6 nitrogen and oxygen atoms in total. The number of methoxy groups -OCH3 is 1. The van der Waals surface area contributed by atoms with Crippen LogP contribution in [0.2, 0.25) is 0 Å². The molecule has 33 heavy (non-hydrogen) atoms. The van der Waals surface area contributed by atoms with Crippen molar-refractivity contribution in [2.75, 3.05) is 12.8 Å². The number of nitrogens with zero attached hydrogens (tertiary/aromatic N) is 3. The molecule has 4 aromatic rings. The number of aryl methyl sites for hydroxylation is 2. The van der Waals surface area contributed by atoms with Gasteiger partial charge in [0.2, 0.25) is 0 Å². The van der Waals surface area contributed by atoms with Crippen LogP contribution < -0.4 is 16.0 Å². The summed E-state index contributed by atoms with van der Waals surface area (Å²) in [5.74, 6) is 0.902. The number of nitrogen functional groups attached to an aromatic ring is 1. The van der Waals surface area contributed by atoms with Crippen LogP contribution in [0, 0.1) is 6.92 Å². The average Bonchev–Trinajstić information content (AvgIpc) is 2.77. The fraction of sp³-hybridized carbons (Fsp3) is 0.208. The summed E-state index contributed by atoms with van der Waals surface area (Å²) < 4.78 is 47.4. The Bertz CT molecular complexity index is 1430.